The first-order chi connectivity index (χ1) is 6.68. The number of nitrogens with two attached hydrogens (primary N) is 1. The summed E-state index contributed by atoms with van der Waals surface area (Å²) in [5, 5.41) is 13.7. The minimum atomic E-state index is -0.372. The lowest BCUT2D eigenvalue weighted by Gasteiger charge is -2.22. The summed E-state index contributed by atoms with van der Waals surface area (Å²) in [5.74, 6) is 0. The van der Waals surface area contributed by atoms with Crippen molar-refractivity contribution < 1.29 is 4.92 Å². The van der Waals surface area contributed by atoms with Gasteiger partial charge in [-0.1, -0.05) is 12.1 Å². The van der Waals surface area contributed by atoms with Gasteiger partial charge >= 0.3 is 0 Å². The third-order valence-electron chi connectivity index (χ3n) is 2.35. The highest BCUT2D eigenvalue weighted by Crippen LogP contribution is 2.31. The van der Waals surface area contributed by atoms with Crippen LogP contribution in [0.25, 0.3) is 0 Å². The molecule has 0 fully saturated rings. The molecule has 14 heavy (non-hydrogen) atoms. The molecule has 0 amide bonds. The molecule has 1 aliphatic rings. The van der Waals surface area contributed by atoms with Gasteiger partial charge < -0.3 is 11.1 Å². The fraction of sp³-hybridized carbons (Fsp3) is 0.333. The van der Waals surface area contributed by atoms with Crippen LogP contribution in [0.3, 0.4) is 0 Å². The van der Waals surface area contributed by atoms with Gasteiger partial charge in [-0.3, -0.25) is 10.1 Å². The molecule has 3 N–H and O–H groups in total. The minimum absolute atomic E-state index is 0.0458. The lowest BCUT2D eigenvalue weighted by Crippen LogP contribution is -2.35. The van der Waals surface area contributed by atoms with Gasteiger partial charge in [0.2, 0.25) is 0 Å². The average molecular weight is 193 g/mol. The normalized spacial score (nSPS) is 19.6. The van der Waals surface area contributed by atoms with E-state index >= 15 is 0 Å². The third kappa shape index (κ3) is 1.42. The lowest BCUT2D eigenvalue weighted by atomic mass is 9.99. The van der Waals surface area contributed by atoms with Crippen LogP contribution in [0.2, 0.25) is 0 Å². The standard InChI is InChI=1S/C9H11N3O2/c10-7-4-6-2-1-3-8(12(13)14)9(6)11-5-7/h1-3,7,11H,4-5,10H2/t7-/m0/s1. The number of hydrogen-bond acceptors (Lipinski definition) is 4. The molecule has 1 atom stereocenters. The van der Waals surface area contributed by atoms with E-state index in [-0.39, 0.29) is 16.7 Å². The fourth-order valence-electron chi connectivity index (χ4n) is 1.70. The molecule has 0 saturated carbocycles. The molecule has 0 radical (unpaired) electrons. The second kappa shape index (κ2) is 3.26. The predicted molar refractivity (Wildman–Crippen MR) is 53.3 cm³/mol. The zero-order valence-corrected chi connectivity index (χ0v) is 7.56. The SMILES string of the molecule is N[C@@H]1CNc2c(cccc2[N+](=O)[O-])C1. The molecule has 2 rings (SSSR count). The Balaban J connectivity index is 2.46. The van der Waals surface area contributed by atoms with Crippen molar-refractivity contribution in [3.05, 3.63) is 33.9 Å². The highest BCUT2D eigenvalue weighted by atomic mass is 16.6. The van der Waals surface area contributed by atoms with Crippen molar-refractivity contribution in [2.75, 3.05) is 11.9 Å². The molecule has 5 nitrogen and oxygen atoms in total. The van der Waals surface area contributed by atoms with E-state index in [1.807, 2.05) is 6.07 Å². The maximum Gasteiger partial charge on any atom is 0.292 e. The smallest absolute Gasteiger partial charge is 0.292 e. The Kier molecular flexibility index (Phi) is 2.09. The van der Waals surface area contributed by atoms with Gasteiger partial charge in [-0.2, -0.15) is 0 Å². The van der Waals surface area contributed by atoms with Crippen LogP contribution in [-0.2, 0) is 6.42 Å². The number of hydrogen-bond donors (Lipinski definition) is 2. The maximum absolute atomic E-state index is 10.7. The van der Waals surface area contributed by atoms with Crippen LogP contribution in [0.1, 0.15) is 5.56 Å². The summed E-state index contributed by atoms with van der Waals surface area (Å²) >= 11 is 0. The van der Waals surface area contributed by atoms with Gasteiger partial charge in [0.05, 0.1) is 4.92 Å². The van der Waals surface area contributed by atoms with E-state index in [4.69, 9.17) is 5.73 Å². The largest absolute Gasteiger partial charge is 0.378 e. The number of para-hydroxylation sites is 1. The van der Waals surface area contributed by atoms with Crippen molar-refractivity contribution in [2.24, 2.45) is 5.73 Å². The molecular formula is C9H11N3O2. The summed E-state index contributed by atoms with van der Waals surface area (Å²) in [6.07, 6.45) is 0.698. The second-order valence-corrected chi connectivity index (χ2v) is 3.41. The number of nitro groups is 1. The Hall–Kier alpha value is -1.62. The fourth-order valence-corrected chi connectivity index (χ4v) is 1.70. The number of nitrogens with zero attached hydrogens (tertiary/aromatic N) is 1. The average Bonchev–Trinajstić information content (AvgIpc) is 2.16. The molecule has 0 aromatic heterocycles. The van der Waals surface area contributed by atoms with E-state index in [0.29, 0.717) is 18.7 Å². The van der Waals surface area contributed by atoms with E-state index in [1.165, 1.54) is 6.07 Å². The van der Waals surface area contributed by atoms with Gasteiger partial charge in [0.1, 0.15) is 5.69 Å². The Morgan fingerprint density at radius 2 is 2.36 bits per heavy atom. The topological polar surface area (TPSA) is 81.2 Å². The Morgan fingerprint density at radius 1 is 1.57 bits per heavy atom. The van der Waals surface area contributed by atoms with Gasteiger partial charge in [-0.25, -0.2) is 0 Å². The number of benzene rings is 1. The summed E-state index contributed by atoms with van der Waals surface area (Å²) in [6, 6.07) is 5.11. The molecular weight excluding hydrogens is 182 g/mol. The number of nitro benzene ring substituents is 1. The van der Waals surface area contributed by atoms with E-state index in [0.717, 1.165) is 5.56 Å². The zero-order valence-electron chi connectivity index (χ0n) is 7.56. The molecule has 0 bridgehead atoms. The minimum Gasteiger partial charge on any atom is -0.378 e. The first-order valence-electron chi connectivity index (χ1n) is 4.44. The third-order valence-corrected chi connectivity index (χ3v) is 2.35. The van der Waals surface area contributed by atoms with Crippen LogP contribution in [0, 0.1) is 10.1 Å². The monoisotopic (exact) mass is 193 g/mol. The Labute approximate surface area is 81.1 Å². The van der Waals surface area contributed by atoms with Crippen LogP contribution >= 0.6 is 0 Å². The van der Waals surface area contributed by atoms with Crippen molar-refractivity contribution in [2.45, 2.75) is 12.5 Å². The number of fused-ring (bicyclic) bond motifs is 1. The Morgan fingerprint density at radius 3 is 3.07 bits per heavy atom. The molecule has 74 valence electrons. The van der Waals surface area contributed by atoms with Crippen molar-refractivity contribution >= 4 is 11.4 Å². The first-order valence-corrected chi connectivity index (χ1v) is 4.44. The zero-order chi connectivity index (χ0) is 10.1. The summed E-state index contributed by atoms with van der Waals surface area (Å²) < 4.78 is 0. The van der Waals surface area contributed by atoms with Gasteiger partial charge in [0, 0.05) is 18.7 Å². The number of anilines is 1. The molecule has 1 aromatic carbocycles. The van der Waals surface area contributed by atoms with Crippen molar-refractivity contribution in [1.82, 2.24) is 0 Å². The highest BCUT2D eigenvalue weighted by Gasteiger charge is 2.22. The summed E-state index contributed by atoms with van der Waals surface area (Å²) in [6.45, 7) is 0.595. The van der Waals surface area contributed by atoms with E-state index in [9.17, 15) is 10.1 Å². The molecule has 5 heteroatoms. The Bertz CT molecular complexity index is 378. The molecule has 1 aromatic rings. The first kappa shape index (κ1) is 8.96. The van der Waals surface area contributed by atoms with Crippen LogP contribution in [0.15, 0.2) is 18.2 Å². The van der Waals surface area contributed by atoms with E-state index < -0.39 is 0 Å². The van der Waals surface area contributed by atoms with Crippen LogP contribution in [0.4, 0.5) is 11.4 Å². The van der Waals surface area contributed by atoms with Crippen molar-refractivity contribution in [1.29, 1.82) is 0 Å². The summed E-state index contributed by atoms with van der Waals surface area (Å²) in [5.41, 5.74) is 7.43. The van der Waals surface area contributed by atoms with Crippen LogP contribution < -0.4 is 11.1 Å². The lowest BCUT2D eigenvalue weighted by molar-refractivity contribution is -0.384. The van der Waals surface area contributed by atoms with Gasteiger partial charge in [0.25, 0.3) is 5.69 Å². The summed E-state index contributed by atoms with van der Waals surface area (Å²) in [4.78, 5) is 10.3. The summed E-state index contributed by atoms with van der Waals surface area (Å²) in [7, 11) is 0. The predicted octanol–water partition coefficient (Wildman–Crippen LogP) is 0.890. The van der Waals surface area contributed by atoms with Gasteiger partial charge in [-0.05, 0) is 12.0 Å². The molecule has 1 aliphatic heterocycles. The van der Waals surface area contributed by atoms with Gasteiger partial charge in [-0.15, -0.1) is 0 Å². The molecule has 0 unspecified atom stereocenters. The number of nitrogens with one attached hydrogen (secondary N) is 1. The molecule has 0 saturated heterocycles. The van der Waals surface area contributed by atoms with E-state index in [2.05, 4.69) is 5.32 Å². The number of rotatable bonds is 1. The van der Waals surface area contributed by atoms with E-state index in [1.54, 1.807) is 6.07 Å². The molecule has 0 aliphatic carbocycles. The van der Waals surface area contributed by atoms with Crippen LogP contribution in [-0.4, -0.2) is 17.5 Å². The molecule has 1 heterocycles. The quantitative estimate of drug-likeness (QED) is 0.512. The highest BCUT2D eigenvalue weighted by molar-refractivity contribution is 5.67. The van der Waals surface area contributed by atoms with Crippen molar-refractivity contribution in [3.63, 3.8) is 0 Å². The maximum atomic E-state index is 10.7. The van der Waals surface area contributed by atoms with Crippen molar-refractivity contribution in [3.8, 4) is 0 Å². The van der Waals surface area contributed by atoms with Crippen LogP contribution in [0.5, 0.6) is 0 Å². The van der Waals surface area contributed by atoms with Gasteiger partial charge in [0.15, 0.2) is 0 Å². The molecule has 0 spiro atoms. The second-order valence-electron chi connectivity index (χ2n) is 3.41.